The standard InChI is InChI=1S/C18H23BrN2O3/c1-11(2)18(12(3)4)16(23)21(17(24)20-18)10-15(22)9-13-5-7-14(19)8-6-13/h5-8,11-12H,9-10H2,1-4H3,(H,20,24). The highest BCUT2D eigenvalue weighted by atomic mass is 79.9. The van der Waals surface area contributed by atoms with Crippen molar-refractivity contribution < 1.29 is 14.4 Å². The van der Waals surface area contributed by atoms with Crippen molar-refractivity contribution in [3.05, 3.63) is 34.3 Å². The summed E-state index contributed by atoms with van der Waals surface area (Å²) in [5.74, 6) is -0.577. The van der Waals surface area contributed by atoms with Crippen molar-refractivity contribution in [2.24, 2.45) is 11.8 Å². The van der Waals surface area contributed by atoms with E-state index >= 15 is 0 Å². The Labute approximate surface area is 150 Å². The summed E-state index contributed by atoms with van der Waals surface area (Å²) < 4.78 is 0.937. The molecule has 1 aromatic rings. The fraction of sp³-hybridized carbons (Fsp3) is 0.500. The van der Waals surface area contributed by atoms with Crippen LogP contribution in [-0.4, -0.2) is 34.7 Å². The lowest BCUT2D eigenvalue weighted by molar-refractivity contribution is -0.137. The number of nitrogens with one attached hydrogen (secondary N) is 1. The van der Waals surface area contributed by atoms with Crippen molar-refractivity contribution in [2.75, 3.05) is 6.54 Å². The molecule has 1 aliphatic heterocycles. The van der Waals surface area contributed by atoms with E-state index in [0.717, 1.165) is 14.9 Å². The SMILES string of the molecule is CC(C)C1(C(C)C)NC(=O)N(CC(=O)Cc2ccc(Br)cc2)C1=O. The van der Waals surface area contributed by atoms with Crippen LogP contribution in [0.15, 0.2) is 28.7 Å². The number of hydrogen-bond acceptors (Lipinski definition) is 3. The van der Waals surface area contributed by atoms with Crippen LogP contribution in [0.1, 0.15) is 33.3 Å². The monoisotopic (exact) mass is 394 g/mol. The summed E-state index contributed by atoms with van der Waals surface area (Å²) in [6, 6.07) is 6.94. The number of carbonyl (C=O) groups excluding carboxylic acids is 3. The van der Waals surface area contributed by atoms with Gasteiger partial charge in [0, 0.05) is 10.9 Å². The van der Waals surface area contributed by atoms with E-state index in [4.69, 9.17) is 0 Å². The van der Waals surface area contributed by atoms with E-state index < -0.39 is 11.6 Å². The third-order valence-electron chi connectivity index (χ3n) is 4.63. The second-order valence-electron chi connectivity index (χ2n) is 6.84. The quantitative estimate of drug-likeness (QED) is 0.753. The lowest BCUT2D eigenvalue weighted by Gasteiger charge is -2.34. The van der Waals surface area contributed by atoms with Crippen molar-refractivity contribution in [3.8, 4) is 0 Å². The molecule has 2 rings (SSSR count). The summed E-state index contributed by atoms with van der Waals surface area (Å²) in [5.41, 5.74) is -0.0798. The zero-order chi connectivity index (χ0) is 18.1. The first kappa shape index (κ1) is 18.6. The molecule has 0 aromatic heterocycles. The fourth-order valence-electron chi connectivity index (χ4n) is 3.27. The number of halogens is 1. The van der Waals surface area contributed by atoms with Gasteiger partial charge in [-0.2, -0.15) is 0 Å². The van der Waals surface area contributed by atoms with E-state index in [1.807, 2.05) is 52.0 Å². The van der Waals surface area contributed by atoms with Gasteiger partial charge in [-0.1, -0.05) is 55.8 Å². The molecule has 0 spiro atoms. The largest absolute Gasteiger partial charge is 0.325 e. The second-order valence-corrected chi connectivity index (χ2v) is 7.76. The smallest absolute Gasteiger partial charge is 0.323 e. The van der Waals surface area contributed by atoms with Gasteiger partial charge in [0.15, 0.2) is 5.78 Å². The van der Waals surface area contributed by atoms with Gasteiger partial charge in [0.1, 0.15) is 5.54 Å². The van der Waals surface area contributed by atoms with E-state index in [-0.39, 0.29) is 36.5 Å². The summed E-state index contributed by atoms with van der Waals surface area (Å²) in [6.45, 7) is 7.44. The van der Waals surface area contributed by atoms with Crippen LogP contribution in [-0.2, 0) is 16.0 Å². The van der Waals surface area contributed by atoms with Gasteiger partial charge in [-0.25, -0.2) is 4.79 Å². The van der Waals surface area contributed by atoms with Crippen LogP contribution in [0.5, 0.6) is 0 Å². The topological polar surface area (TPSA) is 66.5 Å². The minimum atomic E-state index is -0.936. The molecule has 1 heterocycles. The number of rotatable bonds is 6. The van der Waals surface area contributed by atoms with Crippen molar-refractivity contribution in [1.82, 2.24) is 10.2 Å². The Kier molecular flexibility index (Phi) is 5.48. The number of Topliss-reactive ketones (excluding diaryl/α,β-unsaturated/α-hetero) is 1. The van der Waals surface area contributed by atoms with E-state index in [0.29, 0.717) is 0 Å². The molecular formula is C18H23BrN2O3. The van der Waals surface area contributed by atoms with Gasteiger partial charge in [-0.05, 0) is 29.5 Å². The first-order valence-corrected chi connectivity index (χ1v) is 8.88. The summed E-state index contributed by atoms with van der Waals surface area (Å²) in [6.07, 6.45) is 0.195. The number of urea groups is 1. The highest BCUT2D eigenvalue weighted by Gasteiger charge is 2.55. The maximum Gasteiger partial charge on any atom is 0.325 e. The normalized spacial score (nSPS) is 16.9. The molecule has 130 valence electrons. The molecule has 0 radical (unpaired) electrons. The number of amides is 3. The van der Waals surface area contributed by atoms with Gasteiger partial charge in [0.25, 0.3) is 5.91 Å². The van der Waals surface area contributed by atoms with Gasteiger partial charge in [-0.15, -0.1) is 0 Å². The molecule has 1 saturated heterocycles. The highest BCUT2D eigenvalue weighted by molar-refractivity contribution is 9.10. The summed E-state index contributed by atoms with van der Waals surface area (Å²) in [5, 5.41) is 2.82. The first-order valence-electron chi connectivity index (χ1n) is 8.08. The van der Waals surface area contributed by atoms with E-state index in [1.54, 1.807) is 0 Å². The van der Waals surface area contributed by atoms with Crippen molar-refractivity contribution in [2.45, 2.75) is 39.7 Å². The van der Waals surface area contributed by atoms with Crippen molar-refractivity contribution in [3.63, 3.8) is 0 Å². The predicted octanol–water partition coefficient (Wildman–Crippen LogP) is 3.16. The van der Waals surface area contributed by atoms with Crippen LogP contribution in [0.4, 0.5) is 4.79 Å². The third-order valence-corrected chi connectivity index (χ3v) is 5.16. The third kappa shape index (κ3) is 3.38. The number of hydrogen-bond donors (Lipinski definition) is 1. The minimum Gasteiger partial charge on any atom is -0.323 e. The Balaban J connectivity index is 2.12. The van der Waals surface area contributed by atoms with E-state index in [1.165, 1.54) is 0 Å². The van der Waals surface area contributed by atoms with Crippen LogP contribution in [0, 0.1) is 11.8 Å². The lowest BCUT2D eigenvalue weighted by Crippen LogP contribution is -2.55. The Hall–Kier alpha value is -1.69. The number of carbonyl (C=O) groups is 3. The van der Waals surface area contributed by atoms with Gasteiger partial charge in [0.05, 0.1) is 6.54 Å². The molecule has 1 aromatic carbocycles. The number of nitrogens with zero attached hydrogens (tertiary/aromatic N) is 1. The van der Waals surface area contributed by atoms with Crippen LogP contribution in [0.3, 0.4) is 0 Å². The predicted molar refractivity (Wildman–Crippen MR) is 95.5 cm³/mol. The number of benzene rings is 1. The average Bonchev–Trinajstić information content (AvgIpc) is 2.75. The molecule has 3 amide bonds. The van der Waals surface area contributed by atoms with Crippen LogP contribution in [0.25, 0.3) is 0 Å². The Morgan fingerprint density at radius 2 is 1.67 bits per heavy atom. The molecule has 1 N–H and O–H groups in total. The van der Waals surface area contributed by atoms with E-state index in [2.05, 4.69) is 21.2 Å². The molecule has 0 unspecified atom stereocenters. The fourth-order valence-corrected chi connectivity index (χ4v) is 3.53. The molecule has 1 fully saturated rings. The molecule has 0 bridgehead atoms. The molecule has 5 nitrogen and oxygen atoms in total. The zero-order valence-corrected chi connectivity index (χ0v) is 16.0. The molecule has 0 aliphatic carbocycles. The maximum atomic E-state index is 12.8. The Morgan fingerprint density at radius 1 is 1.12 bits per heavy atom. The average molecular weight is 395 g/mol. The zero-order valence-electron chi connectivity index (χ0n) is 14.4. The molecule has 0 saturated carbocycles. The molecule has 24 heavy (non-hydrogen) atoms. The lowest BCUT2D eigenvalue weighted by atomic mass is 9.77. The van der Waals surface area contributed by atoms with Gasteiger partial charge >= 0.3 is 6.03 Å². The second kappa shape index (κ2) is 7.05. The highest BCUT2D eigenvalue weighted by Crippen LogP contribution is 2.33. The Bertz CT molecular complexity index is 645. The van der Waals surface area contributed by atoms with E-state index in [9.17, 15) is 14.4 Å². The van der Waals surface area contributed by atoms with Gasteiger partial charge < -0.3 is 5.32 Å². The van der Waals surface area contributed by atoms with Crippen molar-refractivity contribution >= 4 is 33.7 Å². The minimum absolute atomic E-state index is 0.0551. The first-order chi connectivity index (χ1) is 11.2. The summed E-state index contributed by atoms with van der Waals surface area (Å²) >= 11 is 3.35. The maximum absolute atomic E-state index is 12.8. The van der Waals surface area contributed by atoms with Crippen LogP contribution in [0.2, 0.25) is 0 Å². The molecular weight excluding hydrogens is 372 g/mol. The van der Waals surface area contributed by atoms with Crippen LogP contribution >= 0.6 is 15.9 Å². The summed E-state index contributed by atoms with van der Waals surface area (Å²) in [7, 11) is 0. The van der Waals surface area contributed by atoms with Crippen molar-refractivity contribution in [1.29, 1.82) is 0 Å². The summed E-state index contributed by atoms with van der Waals surface area (Å²) in [4.78, 5) is 38.5. The van der Waals surface area contributed by atoms with Gasteiger partial charge in [0.2, 0.25) is 0 Å². The molecule has 1 aliphatic rings. The van der Waals surface area contributed by atoms with Crippen LogP contribution < -0.4 is 5.32 Å². The number of ketones is 1. The van der Waals surface area contributed by atoms with Gasteiger partial charge in [-0.3, -0.25) is 14.5 Å². The Morgan fingerprint density at radius 3 is 2.12 bits per heavy atom. The molecule has 0 atom stereocenters. The molecule has 6 heteroatoms. The number of imide groups is 1.